The van der Waals surface area contributed by atoms with Crippen molar-refractivity contribution in [2.75, 3.05) is 0 Å². The van der Waals surface area contributed by atoms with Crippen molar-refractivity contribution in [2.24, 2.45) is 5.92 Å². The molecule has 33 heavy (non-hydrogen) atoms. The monoisotopic (exact) mass is 434 g/mol. The molecule has 0 radical (unpaired) electrons. The van der Waals surface area contributed by atoms with Gasteiger partial charge in [-0.1, -0.05) is 114 Å². The molecule has 0 saturated heterocycles. The van der Waals surface area contributed by atoms with Crippen LogP contribution in [0, 0.1) is 47.5 Å². The fraction of sp³-hybridized carbons (Fsp3) is 0.333. The highest BCUT2D eigenvalue weighted by Gasteiger charge is 2.41. The third kappa shape index (κ3) is 4.36. The second kappa shape index (κ2) is 8.82. The maximum Gasteiger partial charge on any atom is 0.0668 e. The van der Waals surface area contributed by atoms with Gasteiger partial charge in [-0.25, -0.2) is 0 Å². The van der Waals surface area contributed by atoms with Crippen molar-refractivity contribution < 1.29 is 0 Å². The predicted molar refractivity (Wildman–Crippen MR) is 143 cm³/mol. The highest BCUT2D eigenvalue weighted by molar-refractivity contribution is 5.64. The molecule has 0 fully saturated rings. The van der Waals surface area contributed by atoms with E-state index in [-0.39, 0.29) is 5.41 Å². The minimum Gasteiger partial charge on any atom is -0.0769 e. The molecule has 0 N–H and O–H groups in total. The van der Waals surface area contributed by atoms with Gasteiger partial charge in [-0.05, 0) is 81.7 Å². The Hall–Kier alpha value is -2.86. The van der Waals surface area contributed by atoms with Crippen LogP contribution < -0.4 is 0 Å². The van der Waals surface area contributed by atoms with Gasteiger partial charge in [0.05, 0.1) is 5.41 Å². The Kier molecular flexibility index (Phi) is 6.23. The molecule has 0 amide bonds. The third-order valence-electron chi connectivity index (χ3n) is 7.01. The van der Waals surface area contributed by atoms with E-state index in [1.807, 2.05) is 0 Å². The highest BCUT2D eigenvalue weighted by atomic mass is 14.4. The summed E-state index contributed by atoms with van der Waals surface area (Å²) in [6.07, 6.45) is 5.93. The molecule has 0 heteroatoms. The third-order valence-corrected chi connectivity index (χ3v) is 7.01. The maximum absolute atomic E-state index is 2.50. The van der Waals surface area contributed by atoms with Crippen molar-refractivity contribution in [3.63, 3.8) is 0 Å². The van der Waals surface area contributed by atoms with Crippen LogP contribution in [0.4, 0.5) is 0 Å². The Bertz CT molecular complexity index is 1080. The number of allylic oxidation sites excluding steroid dienone is 4. The van der Waals surface area contributed by atoms with Gasteiger partial charge >= 0.3 is 0 Å². The molecule has 0 spiro atoms. The average Bonchev–Trinajstić information content (AvgIpc) is 3.17. The number of benzene rings is 3. The molecule has 0 unspecified atom stereocenters. The van der Waals surface area contributed by atoms with E-state index in [4.69, 9.17) is 0 Å². The summed E-state index contributed by atoms with van der Waals surface area (Å²) in [4.78, 5) is 0. The molecule has 3 aromatic carbocycles. The molecular formula is C33H38. The summed E-state index contributed by atoms with van der Waals surface area (Å²) in [6, 6.07) is 21.3. The Labute approximate surface area is 201 Å². The fourth-order valence-electron chi connectivity index (χ4n) is 5.84. The molecule has 0 saturated carbocycles. The van der Waals surface area contributed by atoms with Gasteiger partial charge < -0.3 is 0 Å². The largest absolute Gasteiger partial charge is 0.0769 e. The number of rotatable bonds is 5. The van der Waals surface area contributed by atoms with Crippen molar-refractivity contribution in [3.05, 3.63) is 128 Å². The molecule has 0 nitrogen and oxygen atoms in total. The van der Waals surface area contributed by atoms with Crippen LogP contribution in [-0.2, 0) is 5.41 Å². The van der Waals surface area contributed by atoms with Gasteiger partial charge in [0, 0.05) is 0 Å². The quantitative estimate of drug-likeness (QED) is 0.352. The Morgan fingerprint density at radius 1 is 0.545 bits per heavy atom. The predicted octanol–water partition coefficient (Wildman–Crippen LogP) is 8.78. The highest BCUT2D eigenvalue weighted by Crippen LogP contribution is 2.50. The SMILES string of the molecule is Cc1cc(C)cc(C(C2=CC(C(C)C)=CC2)(c2cc(C)cc(C)c2)c2cc(C)cc(C)c2)c1. The molecule has 1 aliphatic rings. The van der Waals surface area contributed by atoms with Gasteiger partial charge in [0.25, 0.3) is 0 Å². The minimum absolute atomic E-state index is 0.322. The van der Waals surface area contributed by atoms with Gasteiger partial charge in [-0.15, -0.1) is 0 Å². The summed E-state index contributed by atoms with van der Waals surface area (Å²) in [6.45, 7) is 18.0. The zero-order chi connectivity index (χ0) is 23.9. The molecule has 1 aliphatic carbocycles. The second-order valence-electron chi connectivity index (χ2n) is 10.6. The number of aryl methyl sites for hydroxylation is 6. The molecule has 0 aliphatic heterocycles. The molecule has 3 aromatic rings. The zero-order valence-corrected chi connectivity index (χ0v) is 21.6. The summed E-state index contributed by atoms with van der Waals surface area (Å²) in [7, 11) is 0. The van der Waals surface area contributed by atoms with E-state index in [9.17, 15) is 0 Å². The summed E-state index contributed by atoms with van der Waals surface area (Å²) >= 11 is 0. The molecule has 0 bridgehead atoms. The smallest absolute Gasteiger partial charge is 0.0668 e. The van der Waals surface area contributed by atoms with Gasteiger partial charge in [-0.2, -0.15) is 0 Å². The van der Waals surface area contributed by atoms with Crippen molar-refractivity contribution in [3.8, 4) is 0 Å². The van der Waals surface area contributed by atoms with Crippen molar-refractivity contribution >= 4 is 0 Å². The Balaban J connectivity index is 2.18. The van der Waals surface area contributed by atoms with E-state index in [1.54, 1.807) is 0 Å². The van der Waals surface area contributed by atoms with Crippen LogP contribution in [0.5, 0.6) is 0 Å². The topological polar surface area (TPSA) is 0 Å². The molecule has 4 rings (SSSR count). The van der Waals surface area contributed by atoms with Crippen LogP contribution in [-0.4, -0.2) is 0 Å². The minimum atomic E-state index is -0.322. The first-order valence-corrected chi connectivity index (χ1v) is 12.3. The van der Waals surface area contributed by atoms with Crippen LogP contribution >= 0.6 is 0 Å². The lowest BCUT2D eigenvalue weighted by Crippen LogP contribution is -2.32. The van der Waals surface area contributed by atoms with Crippen molar-refractivity contribution in [2.45, 2.75) is 67.2 Å². The van der Waals surface area contributed by atoms with Crippen LogP contribution in [0.15, 0.2) is 77.9 Å². The summed E-state index contributed by atoms with van der Waals surface area (Å²) in [5, 5.41) is 0. The first-order valence-electron chi connectivity index (χ1n) is 12.3. The lowest BCUT2D eigenvalue weighted by Gasteiger charge is -2.39. The Morgan fingerprint density at radius 3 is 1.15 bits per heavy atom. The van der Waals surface area contributed by atoms with Crippen LogP contribution in [0.25, 0.3) is 0 Å². The van der Waals surface area contributed by atoms with Crippen LogP contribution in [0.3, 0.4) is 0 Å². The maximum atomic E-state index is 2.50. The molecule has 0 atom stereocenters. The first-order chi connectivity index (χ1) is 15.6. The van der Waals surface area contributed by atoms with E-state index >= 15 is 0 Å². The van der Waals surface area contributed by atoms with Gasteiger partial charge in [0.15, 0.2) is 0 Å². The number of hydrogen-bond acceptors (Lipinski definition) is 0. The van der Waals surface area contributed by atoms with E-state index in [1.165, 1.54) is 61.2 Å². The molecular weight excluding hydrogens is 396 g/mol. The average molecular weight is 435 g/mol. The first kappa shape index (κ1) is 23.3. The summed E-state index contributed by atoms with van der Waals surface area (Å²) in [5.41, 5.74) is 14.6. The molecule has 0 heterocycles. The van der Waals surface area contributed by atoms with Crippen LogP contribution in [0.2, 0.25) is 0 Å². The van der Waals surface area contributed by atoms with E-state index in [0.717, 1.165) is 6.42 Å². The standard InChI is InChI=1S/C33H38/c1-21(2)28-9-10-29(20-28)33(30-14-22(3)11-23(4)15-30,31-16-24(5)12-25(6)17-31)32-18-26(7)13-27(8)19-32/h9,11-21H,10H2,1-8H3. The Morgan fingerprint density at radius 2 is 0.879 bits per heavy atom. The number of hydrogen-bond donors (Lipinski definition) is 0. The van der Waals surface area contributed by atoms with Crippen molar-refractivity contribution in [1.82, 2.24) is 0 Å². The van der Waals surface area contributed by atoms with Gasteiger partial charge in [0.1, 0.15) is 0 Å². The zero-order valence-electron chi connectivity index (χ0n) is 21.6. The summed E-state index contributed by atoms with van der Waals surface area (Å²) < 4.78 is 0. The molecule has 0 aromatic heterocycles. The van der Waals surface area contributed by atoms with E-state index < -0.39 is 0 Å². The van der Waals surface area contributed by atoms with Gasteiger partial charge in [-0.3, -0.25) is 0 Å². The fourth-order valence-corrected chi connectivity index (χ4v) is 5.84. The van der Waals surface area contributed by atoms with Gasteiger partial charge in [0.2, 0.25) is 0 Å². The molecule has 170 valence electrons. The van der Waals surface area contributed by atoms with E-state index in [2.05, 4.69) is 122 Å². The van der Waals surface area contributed by atoms with E-state index in [0.29, 0.717) is 5.92 Å². The lowest BCUT2D eigenvalue weighted by molar-refractivity contribution is 0.705. The second-order valence-corrected chi connectivity index (χ2v) is 10.6. The summed E-state index contributed by atoms with van der Waals surface area (Å²) in [5.74, 6) is 0.526. The lowest BCUT2D eigenvalue weighted by atomic mass is 9.63. The normalized spacial score (nSPS) is 14.0. The van der Waals surface area contributed by atoms with Crippen molar-refractivity contribution in [1.29, 1.82) is 0 Å². The van der Waals surface area contributed by atoms with Crippen LogP contribution in [0.1, 0.15) is 70.3 Å².